The van der Waals surface area contributed by atoms with Gasteiger partial charge in [0.15, 0.2) is 10.9 Å². The van der Waals surface area contributed by atoms with Gasteiger partial charge in [0.25, 0.3) is 0 Å². The molecule has 4 heteroatoms. The molecule has 0 saturated heterocycles. The Morgan fingerprint density at radius 1 is 1.91 bits per heavy atom. The number of rotatable bonds is 3. The van der Waals surface area contributed by atoms with E-state index in [2.05, 4.69) is 11.6 Å². The van der Waals surface area contributed by atoms with Gasteiger partial charge in [-0.2, -0.15) is 0 Å². The average molecular weight is 168 g/mol. The van der Waals surface area contributed by atoms with Gasteiger partial charge in [-0.15, -0.1) is 17.9 Å². The predicted molar refractivity (Wildman–Crippen MR) is 45.7 cm³/mol. The minimum Gasteiger partial charge on any atom is -0.375 e. The second-order valence-corrected chi connectivity index (χ2v) is 2.88. The number of carbonyl (C=O) groups excluding carboxylic acids is 1. The van der Waals surface area contributed by atoms with Gasteiger partial charge in [-0.05, 0) is 0 Å². The lowest BCUT2D eigenvalue weighted by Gasteiger charge is -1.87. The van der Waals surface area contributed by atoms with E-state index in [1.807, 2.05) is 0 Å². The quantitative estimate of drug-likeness (QED) is 0.549. The van der Waals surface area contributed by atoms with Crippen molar-refractivity contribution in [3.8, 4) is 0 Å². The Balaban J connectivity index is 2.76. The number of nitrogens with zero attached hydrogens (tertiary/aromatic N) is 1. The molecular formula is C7H8N2OS. The van der Waals surface area contributed by atoms with E-state index in [0.29, 0.717) is 17.2 Å². The number of anilines is 1. The molecule has 0 radical (unpaired) electrons. The van der Waals surface area contributed by atoms with Crippen LogP contribution in [0.25, 0.3) is 0 Å². The second-order valence-electron chi connectivity index (χ2n) is 1.99. The van der Waals surface area contributed by atoms with Gasteiger partial charge >= 0.3 is 0 Å². The van der Waals surface area contributed by atoms with Gasteiger partial charge in [-0.3, -0.25) is 4.79 Å². The van der Waals surface area contributed by atoms with Crippen LogP contribution in [0.1, 0.15) is 16.9 Å². The number of nitrogens with two attached hydrogens (primary N) is 1. The fourth-order valence-corrected chi connectivity index (χ4v) is 1.22. The van der Waals surface area contributed by atoms with Crippen molar-refractivity contribution in [2.45, 2.75) is 6.42 Å². The zero-order valence-corrected chi connectivity index (χ0v) is 6.73. The largest absolute Gasteiger partial charge is 0.375 e. The fourth-order valence-electron chi connectivity index (χ4n) is 0.651. The van der Waals surface area contributed by atoms with E-state index in [4.69, 9.17) is 5.73 Å². The lowest BCUT2D eigenvalue weighted by Crippen LogP contribution is -1.97. The van der Waals surface area contributed by atoms with Crippen LogP contribution < -0.4 is 5.73 Å². The second kappa shape index (κ2) is 3.30. The molecule has 2 N–H and O–H groups in total. The Hall–Kier alpha value is -1.16. The average Bonchev–Trinajstić information content (AvgIpc) is 2.36. The highest BCUT2D eigenvalue weighted by molar-refractivity contribution is 7.13. The first-order chi connectivity index (χ1) is 5.24. The van der Waals surface area contributed by atoms with Crippen LogP contribution in [0.3, 0.4) is 0 Å². The summed E-state index contributed by atoms with van der Waals surface area (Å²) in [5, 5.41) is 2.08. The molecule has 0 atom stereocenters. The Morgan fingerprint density at radius 2 is 2.64 bits per heavy atom. The van der Waals surface area contributed by atoms with Crippen LogP contribution >= 0.6 is 11.3 Å². The van der Waals surface area contributed by atoms with E-state index < -0.39 is 0 Å². The van der Waals surface area contributed by atoms with E-state index in [9.17, 15) is 4.79 Å². The van der Waals surface area contributed by atoms with E-state index in [0.717, 1.165) is 0 Å². The smallest absolute Gasteiger partial charge is 0.185 e. The van der Waals surface area contributed by atoms with E-state index >= 15 is 0 Å². The van der Waals surface area contributed by atoms with Crippen molar-refractivity contribution in [1.29, 1.82) is 0 Å². The van der Waals surface area contributed by atoms with Gasteiger partial charge in [0.05, 0.1) is 0 Å². The summed E-state index contributed by atoms with van der Waals surface area (Å²) in [7, 11) is 0. The summed E-state index contributed by atoms with van der Waals surface area (Å²) in [4.78, 5) is 14.9. The number of allylic oxidation sites excluding steroid dienone is 1. The van der Waals surface area contributed by atoms with Gasteiger partial charge in [0.1, 0.15) is 5.69 Å². The summed E-state index contributed by atoms with van der Waals surface area (Å²) in [5.74, 6) is -0.0343. The number of aromatic nitrogens is 1. The molecule has 0 fully saturated rings. The molecule has 3 nitrogen and oxygen atoms in total. The minimum absolute atomic E-state index is 0.0343. The first-order valence-electron chi connectivity index (χ1n) is 3.09. The van der Waals surface area contributed by atoms with Crippen LogP contribution in [0.15, 0.2) is 18.0 Å². The Morgan fingerprint density at radius 3 is 3.09 bits per heavy atom. The molecule has 0 bridgehead atoms. The highest BCUT2D eigenvalue weighted by Gasteiger charge is 2.06. The van der Waals surface area contributed by atoms with Crippen LogP contribution in [0.4, 0.5) is 5.13 Å². The molecule has 1 heterocycles. The molecule has 0 aliphatic rings. The molecule has 0 unspecified atom stereocenters. The SMILES string of the molecule is C=CCC(=O)c1csc(N)n1. The van der Waals surface area contributed by atoms with E-state index in [-0.39, 0.29) is 5.78 Å². The Labute approximate surface area is 68.6 Å². The third kappa shape index (κ3) is 1.88. The maximum Gasteiger partial charge on any atom is 0.185 e. The van der Waals surface area contributed by atoms with Crippen molar-refractivity contribution in [2.75, 3.05) is 5.73 Å². The highest BCUT2D eigenvalue weighted by atomic mass is 32.1. The molecular weight excluding hydrogens is 160 g/mol. The lowest BCUT2D eigenvalue weighted by molar-refractivity contribution is 0.0992. The summed E-state index contributed by atoms with van der Waals surface area (Å²) in [6, 6.07) is 0. The molecule has 1 aromatic rings. The monoisotopic (exact) mass is 168 g/mol. The van der Waals surface area contributed by atoms with Crippen molar-refractivity contribution in [1.82, 2.24) is 4.98 Å². The fraction of sp³-hybridized carbons (Fsp3) is 0.143. The number of hydrogen-bond donors (Lipinski definition) is 1. The van der Waals surface area contributed by atoms with Gasteiger partial charge in [0, 0.05) is 11.8 Å². The molecule has 0 aliphatic heterocycles. The summed E-state index contributed by atoms with van der Waals surface area (Å²) in [6.45, 7) is 3.46. The molecule has 58 valence electrons. The topological polar surface area (TPSA) is 56.0 Å². The van der Waals surface area contributed by atoms with Crippen molar-refractivity contribution >= 4 is 22.3 Å². The molecule has 1 rings (SSSR count). The molecule has 0 aliphatic carbocycles. The predicted octanol–water partition coefficient (Wildman–Crippen LogP) is 1.48. The summed E-state index contributed by atoms with van der Waals surface area (Å²) in [6.07, 6.45) is 1.88. The Kier molecular flexibility index (Phi) is 2.38. The van der Waals surface area contributed by atoms with Crippen LogP contribution in [-0.2, 0) is 0 Å². The summed E-state index contributed by atoms with van der Waals surface area (Å²) < 4.78 is 0. The number of nitrogen functional groups attached to an aromatic ring is 1. The van der Waals surface area contributed by atoms with Gasteiger partial charge in [-0.1, -0.05) is 6.08 Å². The molecule has 1 aromatic heterocycles. The van der Waals surface area contributed by atoms with Crippen molar-refractivity contribution in [2.24, 2.45) is 0 Å². The van der Waals surface area contributed by atoms with Gasteiger partial charge < -0.3 is 5.73 Å². The zero-order valence-electron chi connectivity index (χ0n) is 5.91. The number of ketones is 1. The standard InChI is InChI=1S/C7H8N2OS/c1-2-3-6(10)5-4-11-7(8)9-5/h2,4H,1,3H2,(H2,8,9). The van der Waals surface area contributed by atoms with Crippen molar-refractivity contribution in [3.05, 3.63) is 23.7 Å². The van der Waals surface area contributed by atoms with Crippen LogP contribution in [-0.4, -0.2) is 10.8 Å². The Bertz CT molecular complexity index is 280. The van der Waals surface area contributed by atoms with Crippen molar-refractivity contribution in [3.63, 3.8) is 0 Å². The van der Waals surface area contributed by atoms with E-state index in [1.165, 1.54) is 11.3 Å². The number of Topliss-reactive ketones (excluding diaryl/α,β-unsaturated/α-hetero) is 1. The van der Waals surface area contributed by atoms with Gasteiger partial charge in [0.2, 0.25) is 0 Å². The maximum atomic E-state index is 11.1. The van der Waals surface area contributed by atoms with Crippen LogP contribution in [0.2, 0.25) is 0 Å². The first kappa shape index (κ1) is 7.94. The summed E-state index contributed by atoms with van der Waals surface area (Å²) >= 11 is 1.27. The molecule has 0 saturated carbocycles. The maximum absolute atomic E-state index is 11.1. The van der Waals surface area contributed by atoms with Crippen LogP contribution in [0.5, 0.6) is 0 Å². The molecule has 11 heavy (non-hydrogen) atoms. The highest BCUT2D eigenvalue weighted by Crippen LogP contribution is 2.12. The van der Waals surface area contributed by atoms with Gasteiger partial charge in [-0.25, -0.2) is 4.98 Å². The molecule has 0 spiro atoms. The minimum atomic E-state index is -0.0343. The number of thiazole rings is 1. The molecule has 0 aromatic carbocycles. The number of hydrogen-bond acceptors (Lipinski definition) is 4. The lowest BCUT2D eigenvalue weighted by atomic mass is 10.2. The molecule has 0 amide bonds. The zero-order chi connectivity index (χ0) is 8.27. The summed E-state index contributed by atoms with van der Waals surface area (Å²) in [5.41, 5.74) is 5.78. The first-order valence-corrected chi connectivity index (χ1v) is 3.97. The third-order valence-electron chi connectivity index (χ3n) is 1.14. The normalized spacial score (nSPS) is 9.45. The number of carbonyl (C=O) groups is 1. The van der Waals surface area contributed by atoms with Crippen molar-refractivity contribution < 1.29 is 4.79 Å². The van der Waals surface area contributed by atoms with E-state index in [1.54, 1.807) is 11.5 Å². The third-order valence-corrected chi connectivity index (χ3v) is 1.81. The van der Waals surface area contributed by atoms with Crippen LogP contribution in [0, 0.1) is 0 Å².